The van der Waals surface area contributed by atoms with Crippen molar-refractivity contribution < 1.29 is 18.8 Å². The lowest BCUT2D eigenvalue weighted by molar-refractivity contribution is -0.385. The number of hydrogen-bond donors (Lipinski definition) is 1. The van der Waals surface area contributed by atoms with Gasteiger partial charge >= 0.3 is 0 Å². The van der Waals surface area contributed by atoms with Gasteiger partial charge in [-0.3, -0.25) is 10.1 Å². The lowest BCUT2D eigenvalue weighted by Gasteiger charge is -2.09. The zero-order valence-corrected chi connectivity index (χ0v) is 14.3. The van der Waals surface area contributed by atoms with E-state index in [1.807, 2.05) is 6.07 Å². The molecule has 1 N–H and O–H groups in total. The van der Waals surface area contributed by atoms with Crippen LogP contribution in [0.25, 0.3) is 22.7 Å². The zero-order chi connectivity index (χ0) is 19.6. The second-order valence-electron chi connectivity index (χ2n) is 5.44. The van der Waals surface area contributed by atoms with Crippen molar-refractivity contribution in [2.45, 2.75) is 0 Å². The van der Waals surface area contributed by atoms with Gasteiger partial charge in [0.1, 0.15) is 17.7 Å². The number of nitriles is 1. The number of methoxy groups -OCH3 is 2. The molecule has 0 bridgehead atoms. The minimum Gasteiger partial charge on any atom is -0.493 e. The molecule has 0 unspecified atom stereocenters. The molecule has 9 heteroatoms. The van der Waals surface area contributed by atoms with Crippen LogP contribution in [-0.4, -0.2) is 29.1 Å². The Kier molecular flexibility index (Phi) is 4.72. The van der Waals surface area contributed by atoms with Gasteiger partial charge in [-0.15, -0.1) is 0 Å². The fraction of sp³-hybridized carbons (Fsp3) is 0.111. The predicted octanol–water partition coefficient (Wildman–Crippen LogP) is 3.69. The lowest BCUT2D eigenvalue weighted by Crippen LogP contribution is -1.97. The number of H-pyrrole nitrogens is 1. The number of nitro benzene ring substituents is 1. The van der Waals surface area contributed by atoms with Gasteiger partial charge in [0.15, 0.2) is 11.5 Å². The van der Waals surface area contributed by atoms with Gasteiger partial charge in [0.2, 0.25) is 0 Å². The quantitative estimate of drug-likeness (QED) is 0.417. The van der Waals surface area contributed by atoms with Crippen LogP contribution in [0.4, 0.5) is 10.1 Å². The van der Waals surface area contributed by atoms with E-state index in [9.17, 15) is 19.8 Å². The van der Waals surface area contributed by atoms with Crippen LogP contribution in [-0.2, 0) is 0 Å². The third kappa shape index (κ3) is 3.41. The number of fused-ring (bicyclic) bond motifs is 1. The SMILES string of the molecule is COc1cc(/C=C(/C#N)c2nc3ccc(F)cc3[nH]2)c([N+](=O)[O-])cc1OC. The van der Waals surface area contributed by atoms with Gasteiger partial charge in [-0.05, 0) is 30.3 Å². The summed E-state index contributed by atoms with van der Waals surface area (Å²) in [7, 11) is 2.77. The summed E-state index contributed by atoms with van der Waals surface area (Å²) in [5.74, 6) is 0.190. The molecular formula is C18H13FN4O4. The van der Waals surface area contributed by atoms with Crippen molar-refractivity contribution in [2.75, 3.05) is 14.2 Å². The van der Waals surface area contributed by atoms with E-state index in [0.717, 1.165) is 0 Å². The Morgan fingerprint density at radius 3 is 2.63 bits per heavy atom. The van der Waals surface area contributed by atoms with Crippen LogP contribution in [0.1, 0.15) is 11.4 Å². The first-order valence-electron chi connectivity index (χ1n) is 7.64. The van der Waals surface area contributed by atoms with Crippen molar-refractivity contribution in [3.63, 3.8) is 0 Å². The van der Waals surface area contributed by atoms with Gasteiger partial charge < -0.3 is 14.5 Å². The molecule has 0 aliphatic carbocycles. The number of nitrogens with one attached hydrogen (secondary N) is 1. The van der Waals surface area contributed by atoms with Crippen molar-refractivity contribution in [3.05, 3.63) is 57.7 Å². The number of aromatic nitrogens is 2. The van der Waals surface area contributed by atoms with E-state index in [4.69, 9.17) is 9.47 Å². The molecule has 2 aromatic carbocycles. The molecule has 0 aliphatic heterocycles. The fourth-order valence-electron chi connectivity index (χ4n) is 2.58. The van der Waals surface area contributed by atoms with Gasteiger partial charge in [0.05, 0.1) is 47.4 Å². The van der Waals surface area contributed by atoms with E-state index in [2.05, 4.69) is 9.97 Å². The van der Waals surface area contributed by atoms with E-state index < -0.39 is 10.7 Å². The second kappa shape index (κ2) is 7.13. The summed E-state index contributed by atoms with van der Waals surface area (Å²) in [5.41, 5.74) is 0.799. The number of allylic oxidation sites excluding steroid dienone is 1. The van der Waals surface area contributed by atoms with E-state index in [1.54, 1.807) is 0 Å². The Bertz CT molecular complexity index is 1110. The second-order valence-corrected chi connectivity index (χ2v) is 5.44. The molecule has 8 nitrogen and oxygen atoms in total. The number of benzene rings is 2. The molecule has 1 heterocycles. The van der Waals surface area contributed by atoms with Crippen LogP contribution in [0.15, 0.2) is 30.3 Å². The molecule has 27 heavy (non-hydrogen) atoms. The predicted molar refractivity (Wildman–Crippen MR) is 95.7 cm³/mol. The minimum absolute atomic E-state index is 0.0435. The smallest absolute Gasteiger partial charge is 0.280 e. The van der Waals surface area contributed by atoms with Crippen LogP contribution in [0.5, 0.6) is 11.5 Å². The van der Waals surface area contributed by atoms with E-state index in [-0.39, 0.29) is 34.1 Å². The van der Waals surface area contributed by atoms with E-state index >= 15 is 0 Å². The van der Waals surface area contributed by atoms with Crippen molar-refractivity contribution in [2.24, 2.45) is 0 Å². The topological polar surface area (TPSA) is 114 Å². The number of halogens is 1. The molecule has 0 saturated heterocycles. The molecule has 0 aliphatic rings. The van der Waals surface area contributed by atoms with Gasteiger partial charge in [-0.1, -0.05) is 0 Å². The summed E-state index contributed by atoms with van der Waals surface area (Å²) in [6.07, 6.45) is 1.31. The summed E-state index contributed by atoms with van der Waals surface area (Å²) >= 11 is 0. The summed E-state index contributed by atoms with van der Waals surface area (Å²) in [6.45, 7) is 0. The van der Waals surface area contributed by atoms with Crippen LogP contribution >= 0.6 is 0 Å². The van der Waals surface area contributed by atoms with Crippen molar-refractivity contribution in [3.8, 4) is 17.6 Å². The zero-order valence-electron chi connectivity index (χ0n) is 14.3. The van der Waals surface area contributed by atoms with Crippen molar-refractivity contribution >= 4 is 28.4 Å². The third-order valence-electron chi connectivity index (χ3n) is 3.85. The van der Waals surface area contributed by atoms with Crippen molar-refractivity contribution in [1.29, 1.82) is 5.26 Å². The molecule has 0 radical (unpaired) electrons. The standard InChI is InChI=1S/C18H13FN4O4/c1-26-16-6-10(15(23(24)25)8-17(16)27-2)5-11(9-20)18-21-13-4-3-12(19)7-14(13)22-18/h3-8H,1-2H3,(H,21,22)/b11-5-. The maximum Gasteiger partial charge on any atom is 0.280 e. The van der Waals surface area contributed by atoms with Crippen LogP contribution in [0, 0.1) is 27.3 Å². The number of aromatic amines is 1. The molecule has 0 saturated carbocycles. The van der Waals surface area contributed by atoms with Gasteiger partial charge in [-0.2, -0.15) is 5.26 Å². The summed E-state index contributed by atoms with van der Waals surface area (Å²) in [4.78, 5) is 17.9. The lowest BCUT2D eigenvalue weighted by atomic mass is 10.1. The first kappa shape index (κ1) is 17.9. The van der Waals surface area contributed by atoms with E-state index in [1.165, 1.54) is 50.6 Å². The Morgan fingerprint density at radius 2 is 2.00 bits per heavy atom. The summed E-state index contributed by atoms with van der Waals surface area (Å²) in [6, 6.07) is 8.54. The normalized spacial score (nSPS) is 11.3. The Hall–Kier alpha value is -3.93. The minimum atomic E-state index is -0.587. The maximum absolute atomic E-state index is 13.3. The summed E-state index contributed by atoms with van der Waals surface area (Å²) < 4.78 is 23.6. The number of nitro groups is 1. The summed E-state index contributed by atoms with van der Waals surface area (Å²) in [5, 5.41) is 20.9. The maximum atomic E-state index is 13.3. The molecule has 136 valence electrons. The Balaban J connectivity index is 2.17. The average Bonchev–Trinajstić information content (AvgIpc) is 3.07. The van der Waals surface area contributed by atoms with Crippen LogP contribution < -0.4 is 9.47 Å². The van der Waals surface area contributed by atoms with Crippen molar-refractivity contribution in [1.82, 2.24) is 9.97 Å². The number of nitrogens with zero attached hydrogens (tertiary/aromatic N) is 3. The number of rotatable bonds is 5. The van der Waals surface area contributed by atoms with Gasteiger partial charge in [0, 0.05) is 0 Å². The molecular weight excluding hydrogens is 355 g/mol. The first-order valence-corrected chi connectivity index (χ1v) is 7.64. The molecule has 0 amide bonds. The fourth-order valence-corrected chi connectivity index (χ4v) is 2.58. The molecule has 0 fully saturated rings. The largest absolute Gasteiger partial charge is 0.493 e. The molecule has 3 rings (SSSR count). The Morgan fingerprint density at radius 1 is 1.30 bits per heavy atom. The highest BCUT2D eigenvalue weighted by Crippen LogP contribution is 2.36. The number of hydrogen-bond acceptors (Lipinski definition) is 6. The van der Waals surface area contributed by atoms with E-state index in [0.29, 0.717) is 11.0 Å². The number of imidazole rings is 1. The highest BCUT2D eigenvalue weighted by Gasteiger charge is 2.20. The molecule has 1 aromatic heterocycles. The van der Waals surface area contributed by atoms with Gasteiger partial charge in [-0.25, -0.2) is 9.37 Å². The highest BCUT2D eigenvalue weighted by atomic mass is 19.1. The van der Waals surface area contributed by atoms with Gasteiger partial charge in [0.25, 0.3) is 5.69 Å². The highest BCUT2D eigenvalue weighted by molar-refractivity contribution is 5.92. The van der Waals surface area contributed by atoms with Crippen LogP contribution in [0.3, 0.4) is 0 Å². The molecule has 3 aromatic rings. The average molecular weight is 368 g/mol. The molecule has 0 atom stereocenters. The first-order chi connectivity index (χ1) is 13.0. The van der Waals surface area contributed by atoms with Crippen LogP contribution in [0.2, 0.25) is 0 Å². The number of ether oxygens (including phenoxy) is 2. The molecule has 0 spiro atoms. The Labute approximate surface area is 152 Å². The third-order valence-corrected chi connectivity index (χ3v) is 3.85. The monoisotopic (exact) mass is 368 g/mol.